The smallest absolute Gasteiger partial charge is 0.747 e. The summed E-state index contributed by atoms with van der Waals surface area (Å²) in [7, 11) is -5.03. The van der Waals surface area contributed by atoms with Gasteiger partial charge in [0.05, 0.1) is 39.3 Å². The SMILES string of the molecule is O=C(CCOCCOCCNC(=O)OC1CC/C=C\CCC1)ON1C(=O)CC(S(=O)(=O)[O-])C1=O.[Na+]. The molecule has 0 spiro atoms. The fourth-order valence-corrected chi connectivity index (χ4v) is 3.88. The van der Waals surface area contributed by atoms with E-state index in [1.165, 1.54) is 0 Å². The summed E-state index contributed by atoms with van der Waals surface area (Å²) >= 11 is 0. The minimum atomic E-state index is -5.03. The quantitative estimate of drug-likeness (QED) is 0.0907. The summed E-state index contributed by atoms with van der Waals surface area (Å²) in [5.41, 5.74) is 0. The molecule has 3 amide bonds. The van der Waals surface area contributed by atoms with E-state index in [2.05, 4.69) is 22.3 Å². The Morgan fingerprint density at radius 2 is 1.74 bits per heavy atom. The van der Waals surface area contributed by atoms with E-state index in [0.717, 1.165) is 32.1 Å². The Hall–Kier alpha value is -1.55. The van der Waals surface area contributed by atoms with Gasteiger partial charge in [0.15, 0.2) is 0 Å². The van der Waals surface area contributed by atoms with Crippen LogP contribution in [0.3, 0.4) is 0 Å². The number of hydrogen-bond donors (Lipinski definition) is 1. The van der Waals surface area contributed by atoms with Crippen LogP contribution in [-0.2, 0) is 43.5 Å². The molecule has 1 heterocycles. The molecule has 2 unspecified atom stereocenters. The van der Waals surface area contributed by atoms with Crippen LogP contribution in [0.2, 0.25) is 0 Å². The fourth-order valence-electron chi connectivity index (χ4n) is 3.19. The normalized spacial score (nSPS) is 21.5. The number of ether oxygens (including phenoxy) is 3. The van der Waals surface area contributed by atoms with E-state index < -0.39 is 45.7 Å². The van der Waals surface area contributed by atoms with Gasteiger partial charge in [-0.2, -0.15) is 0 Å². The van der Waals surface area contributed by atoms with Gasteiger partial charge >= 0.3 is 41.6 Å². The molecule has 1 fully saturated rings. The molecular weight excluding hydrogens is 499 g/mol. The summed E-state index contributed by atoms with van der Waals surface area (Å²) in [5.74, 6) is -3.48. The second kappa shape index (κ2) is 16.2. The first-order valence-corrected chi connectivity index (χ1v) is 12.4. The van der Waals surface area contributed by atoms with E-state index in [4.69, 9.17) is 14.2 Å². The summed E-state index contributed by atoms with van der Waals surface area (Å²) in [6, 6.07) is 0. The predicted octanol–water partition coefficient (Wildman–Crippen LogP) is -2.84. The number of nitrogens with zero attached hydrogens (tertiary/aromatic N) is 1. The van der Waals surface area contributed by atoms with Crippen molar-refractivity contribution in [3.63, 3.8) is 0 Å². The number of allylic oxidation sites excluding steroid dienone is 2. The first-order chi connectivity index (χ1) is 16.2. The van der Waals surface area contributed by atoms with Gasteiger partial charge in [0, 0.05) is 6.54 Å². The minimum Gasteiger partial charge on any atom is -0.747 e. The Balaban J connectivity index is 0.00000612. The summed E-state index contributed by atoms with van der Waals surface area (Å²) in [4.78, 5) is 51.4. The third kappa shape index (κ3) is 11.8. The topological polar surface area (TPSA) is 178 Å². The van der Waals surface area contributed by atoms with Gasteiger partial charge in [0.25, 0.3) is 11.8 Å². The molecule has 0 aromatic rings. The van der Waals surface area contributed by atoms with Crippen molar-refractivity contribution >= 4 is 34.0 Å². The van der Waals surface area contributed by atoms with Crippen LogP contribution in [0.4, 0.5) is 4.79 Å². The van der Waals surface area contributed by atoms with Gasteiger partial charge in [-0.05, 0) is 32.1 Å². The number of rotatable bonds is 12. The third-order valence-corrected chi connectivity index (χ3v) is 6.00. The molecule has 2 aliphatic rings. The zero-order valence-electron chi connectivity index (χ0n) is 19.6. The molecule has 0 aromatic carbocycles. The van der Waals surface area contributed by atoms with E-state index in [1.54, 1.807) is 0 Å². The molecule has 192 valence electrons. The van der Waals surface area contributed by atoms with Crippen molar-refractivity contribution in [2.45, 2.75) is 56.3 Å². The van der Waals surface area contributed by atoms with Crippen molar-refractivity contribution in [3.05, 3.63) is 12.2 Å². The van der Waals surface area contributed by atoms with Gasteiger partial charge in [0.2, 0.25) is 0 Å². The van der Waals surface area contributed by atoms with Crippen molar-refractivity contribution in [3.8, 4) is 0 Å². The summed E-state index contributed by atoms with van der Waals surface area (Å²) < 4.78 is 48.7. The average molecular weight is 529 g/mol. The van der Waals surface area contributed by atoms with Crippen LogP contribution in [0.1, 0.15) is 44.9 Å². The first-order valence-electron chi connectivity index (χ1n) is 11.0. The maximum atomic E-state index is 11.8. The standard InChI is InChI=1S/C20H30N2O11S.Na/c23-17-14-16(34(27,28)29)19(25)22(17)33-18(24)8-10-30-12-13-31-11-9-21-20(26)32-15-6-4-2-1-3-5-7-15;/h1-2,15-16H,3-14H2,(H,21,26)(H,27,28,29);/q;+1/p-1/b2-1-;. The van der Waals surface area contributed by atoms with Crippen molar-refractivity contribution in [2.24, 2.45) is 0 Å². The van der Waals surface area contributed by atoms with Gasteiger partial charge in [-0.1, -0.05) is 12.2 Å². The van der Waals surface area contributed by atoms with Crippen LogP contribution in [-0.4, -0.2) is 86.2 Å². The molecule has 1 saturated heterocycles. The van der Waals surface area contributed by atoms with Crippen LogP contribution in [0.25, 0.3) is 0 Å². The average Bonchev–Trinajstić information content (AvgIpc) is 3.03. The van der Waals surface area contributed by atoms with E-state index in [9.17, 15) is 32.1 Å². The number of imide groups is 1. The minimum absolute atomic E-state index is 0. The van der Waals surface area contributed by atoms with E-state index in [0.29, 0.717) is 0 Å². The molecule has 13 nitrogen and oxygen atoms in total. The number of hydroxylamine groups is 2. The van der Waals surface area contributed by atoms with Gasteiger partial charge in [0.1, 0.15) is 21.5 Å². The molecule has 1 N–H and O–H groups in total. The Morgan fingerprint density at radius 3 is 2.43 bits per heavy atom. The van der Waals surface area contributed by atoms with E-state index in [1.807, 2.05) is 0 Å². The summed E-state index contributed by atoms with van der Waals surface area (Å²) in [6.45, 7) is 0.702. The Labute approximate surface area is 225 Å². The second-order valence-corrected chi connectivity index (χ2v) is 9.14. The van der Waals surface area contributed by atoms with Gasteiger partial charge in [-0.3, -0.25) is 9.59 Å². The molecule has 0 radical (unpaired) electrons. The van der Waals surface area contributed by atoms with Crippen molar-refractivity contribution in [2.75, 3.05) is 33.0 Å². The van der Waals surface area contributed by atoms with Crippen molar-refractivity contribution in [1.82, 2.24) is 10.4 Å². The van der Waals surface area contributed by atoms with E-state index >= 15 is 0 Å². The Bertz CT molecular complexity index is 865. The van der Waals surface area contributed by atoms with Crippen LogP contribution in [0.5, 0.6) is 0 Å². The fraction of sp³-hybridized carbons (Fsp3) is 0.700. The van der Waals surface area contributed by atoms with E-state index in [-0.39, 0.29) is 80.1 Å². The van der Waals surface area contributed by atoms with Crippen molar-refractivity contribution < 1.29 is 80.8 Å². The molecule has 0 bridgehead atoms. The van der Waals surface area contributed by atoms with Gasteiger partial charge < -0.3 is 28.9 Å². The second-order valence-electron chi connectivity index (χ2n) is 7.58. The molecule has 35 heavy (non-hydrogen) atoms. The monoisotopic (exact) mass is 528 g/mol. The van der Waals surface area contributed by atoms with Crippen LogP contribution in [0, 0.1) is 0 Å². The maximum Gasteiger partial charge on any atom is 1.00 e. The molecule has 2 rings (SSSR count). The molecular formula is C20H29N2NaO11S. The summed E-state index contributed by atoms with van der Waals surface area (Å²) in [6.07, 6.45) is 6.99. The van der Waals surface area contributed by atoms with Gasteiger partial charge in [-0.15, -0.1) is 5.06 Å². The van der Waals surface area contributed by atoms with Crippen molar-refractivity contribution in [1.29, 1.82) is 0 Å². The number of hydrogen-bond acceptors (Lipinski definition) is 11. The molecule has 1 aliphatic heterocycles. The number of carbonyl (C=O) groups excluding carboxylic acids is 4. The largest absolute Gasteiger partial charge is 1.00 e. The van der Waals surface area contributed by atoms with Crippen LogP contribution < -0.4 is 34.9 Å². The van der Waals surface area contributed by atoms with Crippen LogP contribution in [0.15, 0.2) is 12.2 Å². The molecule has 0 saturated carbocycles. The molecule has 2 atom stereocenters. The number of carbonyl (C=O) groups is 4. The molecule has 15 heteroatoms. The number of amides is 3. The third-order valence-electron chi connectivity index (χ3n) is 4.93. The Morgan fingerprint density at radius 1 is 1.06 bits per heavy atom. The van der Waals surface area contributed by atoms with Crippen LogP contribution >= 0.6 is 0 Å². The zero-order valence-corrected chi connectivity index (χ0v) is 22.5. The number of nitrogens with one attached hydrogen (secondary N) is 1. The predicted molar refractivity (Wildman–Crippen MR) is 113 cm³/mol. The molecule has 1 aliphatic carbocycles. The maximum absolute atomic E-state index is 11.8. The van der Waals surface area contributed by atoms with Gasteiger partial charge in [-0.25, -0.2) is 18.0 Å². The number of alkyl carbamates (subject to hydrolysis) is 1. The zero-order chi connectivity index (χ0) is 25.0. The first kappa shape index (κ1) is 31.5. The molecule has 0 aromatic heterocycles. The summed E-state index contributed by atoms with van der Waals surface area (Å²) in [5, 5.41) is 0.525. The Kier molecular flexibility index (Phi) is 14.6.